The quantitative estimate of drug-likeness (QED) is 0.219. The molecule has 1 aromatic heterocycles. The fourth-order valence-electron chi connectivity index (χ4n) is 3.61. The summed E-state index contributed by atoms with van der Waals surface area (Å²) in [5, 5.41) is 13.6. The van der Waals surface area contributed by atoms with E-state index in [1.807, 2.05) is 0 Å². The summed E-state index contributed by atoms with van der Waals surface area (Å²) >= 11 is 1.04. The predicted molar refractivity (Wildman–Crippen MR) is 136 cm³/mol. The molecule has 4 rings (SSSR count). The Hall–Kier alpha value is -4.39. The molecule has 1 heterocycles. The Bertz CT molecular complexity index is 1480. The summed E-state index contributed by atoms with van der Waals surface area (Å²) in [5.74, 6) is -1.22. The lowest BCUT2D eigenvalue weighted by Gasteiger charge is -2.15. The van der Waals surface area contributed by atoms with Gasteiger partial charge in [-0.1, -0.05) is 36.0 Å². The van der Waals surface area contributed by atoms with Crippen LogP contribution < -0.4 is 15.4 Å². The van der Waals surface area contributed by atoms with Crippen LogP contribution in [0.25, 0.3) is 5.69 Å². The van der Waals surface area contributed by atoms with Gasteiger partial charge in [-0.3, -0.25) is 14.2 Å². The first kappa shape index (κ1) is 27.6. The van der Waals surface area contributed by atoms with E-state index in [0.717, 1.165) is 23.9 Å². The lowest BCUT2D eigenvalue weighted by Crippen LogP contribution is -2.27. The maximum atomic E-state index is 13.4. The molecule has 13 heteroatoms. The van der Waals surface area contributed by atoms with E-state index in [-0.39, 0.29) is 29.2 Å². The van der Waals surface area contributed by atoms with Crippen molar-refractivity contribution in [1.82, 2.24) is 20.1 Å². The van der Waals surface area contributed by atoms with E-state index in [1.54, 1.807) is 28.8 Å². The summed E-state index contributed by atoms with van der Waals surface area (Å²) in [6, 6.07) is 16.6. The van der Waals surface area contributed by atoms with Gasteiger partial charge in [0.15, 0.2) is 11.0 Å². The number of alkyl halides is 3. The van der Waals surface area contributed by atoms with Gasteiger partial charge in [0, 0.05) is 5.69 Å². The molecule has 0 saturated heterocycles. The minimum Gasteiger partial charge on any atom is -0.495 e. The second-order valence-corrected chi connectivity index (χ2v) is 8.92. The van der Waals surface area contributed by atoms with Gasteiger partial charge in [-0.2, -0.15) is 13.2 Å². The van der Waals surface area contributed by atoms with Gasteiger partial charge in [0.2, 0.25) is 5.91 Å². The van der Waals surface area contributed by atoms with E-state index in [0.29, 0.717) is 17.1 Å². The molecule has 3 aromatic carbocycles. The number of carbonyl (C=O) groups excluding carboxylic acids is 2. The molecular formula is C26H21F4N5O3S. The molecule has 0 unspecified atom stereocenters. The highest BCUT2D eigenvalue weighted by molar-refractivity contribution is 7.99. The molecular weight excluding hydrogens is 538 g/mol. The number of nitrogens with zero attached hydrogens (tertiary/aromatic N) is 3. The molecule has 0 fully saturated rings. The van der Waals surface area contributed by atoms with E-state index in [1.165, 1.54) is 43.5 Å². The Morgan fingerprint density at radius 2 is 1.67 bits per heavy atom. The number of ether oxygens (including phenoxy) is 1. The zero-order valence-corrected chi connectivity index (χ0v) is 21.1. The number of benzene rings is 3. The van der Waals surface area contributed by atoms with Crippen molar-refractivity contribution in [2.75, 3.05) is 18.2 Å². The summed E-state index contributed by atoms with van der Waals surface area (Å²) in [6.07, 6.45) is -4.70. The lowest BCUT2D eigenvalue weighted by atomic mass is 10.1. The summed E-state index contributed by atoms with van der Waals surface area (Å²) < 4.78 is 60.2. The van der Waals surface area contributed by atoms with E-state index in [2.05, 4.69) is 20.8 Å². The highest BCUT2D eigenvalue weighted by Crippen LogP contribution is 2.32. The van der Waals surface area contributed by atoms with Crippen LogP contribution in [0, 0.1) is 5.82 Å². The third-order valence-corrected chi connectivity index (χ3v) is 6.30. The van der Waals surface area contributed by atoms with Crippen LogP contribution in [0.2, 0.25) is 0 Å². The van der Waals surface area contributed by atoms with Crippen LogP contribution in [0.1, 0.15) is 21.7 Å². The highest BCUT2D eigenvalue weighted by Gasteiger charge is 2.35. The molecule has 0 bridgehead atoms. The van der Waals surface area contributed by atoms with Crippen LogP contribution in [-0.2, 0) is 17.5 Å². The highest BCUT2D eigenvalue weighted by atomic mass is 32.2. The molecule has 0 atom stereocenters. The zero-order chi connectivity index (χ0) is 28.0. The maximum Gasteiger partial charge on any atom is 0.417 e. The number of hydrogen-bond acceptors (Lipinski definition) is 6. The number of carbonyl (C=O) groups is 2. The molecule has 202 valence electrons. The van der Waals surface area contributed by atoms with Crippen molar-refractivity contribution in [2.45, 2.75) is 17.9 Å². The van der Waals surface area contributed by atoms with Gasteiger partial charge in [-0.05, 0) is 48.5 Å². The van der Waals surface area contributed by atoms with Gasteiger partial charge < -0.3 is 15.4 Å². The van der Waals surface area contributed by atoms with Crippen LogP contribution in [-0.4, -0.2) is 39.4 Å². The minimum absolute atomic E-state index is 0.0873. The topological polar surface area (TPSA) is 98.1 Å². The van der Waals surface area contributed by atoms with Gasteiger partial charge in [0.25, 0.3) is 5.91 Å². The van der Waals surface area contributed by atoms with Gasteiger partial charge in [-0.25, -0.2) is 4.39 Å². The number of para-hydroxylation sites is 2. The average molecular weight is 560 g/mol. The number of anilines is 1. The third-order valence-electron chi connectivity index (χ3n) is 5.37. The number of amides is 2. The fraction of sp³-hybridized carbons (Fsp3) is 0.154. The van der Waals surface area contributed by atoms with Crippen molar-refractivity contribution in [3.8, 4) is 11.4 Å². The predicted octanol–water partition coefficient (Wildman–Crippen LogP) is 5.09. The van der Waals surface area contributed by atoms with Crippen LogP contribution >= 0.6 is 11.8 Å². The smallest absolute Gasteiger partial charge is 0.417 e. The number of thioether (sulfide) groups is 1. The van der Waals surface area contributed by atoms with Crippen LogP contribution in [0.3, 0.4) is 0 Å². The van der Waals surface area contributed by atoms with Gasteiger partial charge in [0.05, 0.1) is 36.2 Å². The van der Waals surface area contributed by atoms with Crippen molar-refractivity contribution in [3.63, 3.8) is 0 Å². The zero-order valence-electron chi connectivity index (χ0n) is 20.3. The second kappa shape index (κ2) is 12.0. The van der Waals surface area contributed by atoms with E-state index < -0.39 is 29.0 Å². The summed E-state index contributed by atoms with van der Waals surface area (Å²) in [6.45, 7) is -0.265. The number of aromatic nitrogens is 3. The Morgan fingerprint density at radius 1 is 0.974 bits per heavy atom. The number of hydrogen-bond donors (Lipinski definition) is 2. The van der Waals surface area contributed by atoms with E-state index >= 15 is 0 Å². The Kier molecular flexibility index (Phi) is 8.49. The fourth-order valence-corrected chi connectivity index (χ4v) is 4.37. The molecule has 2 amide bonds. The summed E-state index contributed by atoms with van der Waals surface area (Å²) in [7, 11) is 1.46. The normalized spacial score (nSPS) is 11.2. The molecule has 39 heavy (non-hydrogen) atoms. The number of halogens is 4. The van der Waals surface area contributed by atoms with Crippen molar-refractivity contribution in [2.24, 2.45) is 0 Å². The van der Waals surface area contributed by atoms with Crippen molar-refractivity contribution < 1.29 is 31.9 Å². The van der Waals surface area contributed by atoms with Crippen LogP contribution in [0.5, 0.6) is 5.75 Å². The monoisotopic (exact) mass is 559 g/mol. The molecule has 0 saturated carbocycles. The SMILES string of the molecule is COc1ccccc1-n1c(CNC(=O)c2ccccc2C(F)(F)F)nnc1SCC(=O)Nc1ccc(F)cc1. The molecule has 0 aliphatic carbocycles. The largest absolute Gasteiger partial charge is 0.495 e. The standard InChI is InChI=1S/C26H21F4N5O3S/c1-38-21-9-5-4-8-20(21)35-22(14-31-24(37)18-6-2-3-7-19(18)26(28,29)30)33-34-25(35)39-15-23(36)32-17-12-10-16(27)11-13-17/h2-13H,14-15H2,1H3,(H,31,37)(H,32,36). The molecule has 0 radical (unpaired) electrons. The number of rotatable bonds is 9. The number of nitrogens with one attached hydrogen (secondary N) is 2. The van der Waals surface area contributed by atoms with Crippen molar-refractivity contribution in [1.29, 1.82) is 0 Å². The van der Waals surface area contributed by atoms with Gasteiger partial charge in [-0.15, -0.1) is 10.2 Å². The summed E-state index contributed by atoms with van der Waals surface area (Å²) in [4.78, 5) is 25.2. The molecule has 0 aliphatic rings. The molecule has 0 spiro atoms. The Morgan fingerprint density at radius 3 is 2.38 bits per heavy atom. The lowest BCUT2D eigenvalue weighted by molar-refractivity contribution is -0.138. The maximum absolute atomic E-state index is 13.4. The third kappa shape index (κ3) is 6.74. The van der Waals surface area contributed by atoms with Crippen molar-refractivity contribution in [3.05, 3.63) is 95.6 Å². The van der Waals surface area contributed by atoms with Crippen LogP contribution in [0.15, 0.2) is 78.0 Å². The average Bonchev–Trinajstić information content (AvgIpc) is 3.33. The first-order valence-electron chi connectivity index (χ1n) is 11.4. The first-order chi connectivity index (χ1) is 18.7. The van der Waals surface area contributed by atoms with E-state index in [9.17, 15) is 27.2 Å². The molecule has 8 nitrogen and oxygen atoms in total. The Labute approximate surface area is 224 Å². The second-order valence-electron chi connectivity index (χ2n) is 7.98. The minimum atomic E-state index is -4.70. The van der Waals surface area contributed by atoms with E-state index in [4.69, 9.17) is 4.74 Å². The van der Waals surface area contributed by atoms with Crippen molar-refractivity contribution >= 4 is 29.3 Å². The number of methoxy groups -OCH3 is 1. The van der Waals surface area contributed by atoms with Crippen LogP contribution in [0.4, 0.5) is 23.2 Å². The summed E-state index contributed by atoms with van der Waals surface area (Å²) in [5.41, 5.74) is -0.681. The Balaban J connectivity index is 1.56. The molecule has 2 N–H and O–H groups in total. The molecule has 0 aliphatic heterocycles. The van der Waals surface area contributed by atoms with Gasteiger partial charge >= 0.3 is 6.18 Å². The molecule has 4 aromatic rings. The van der Waals surface area contributed by atoms with Gasteiger partial charge in [0.1, 0.15) is 11.6 Å². The first-order valence-corrected chi connectivity index (χ1v) is 12.4.